The number of hydrogen-bond donors (Lipinski definition) is 3. The Labute approximate surface area is 122 Å². The third kappa shape index (κ3) is 3.75. The zero-order valence-corrected chi connectivity index (χ0v) is 11.7. The van der Waals surface area contributed by atoms with Crippen LogP contribution in [-0.4, -0.2) is 24.3 Å². The number of nitrogens with two attached hydrogens (primary N) is 1. The molecule has 0 aromatic heterocycles. The van der Waals surface area contributed by atoms with Crippen LogP contribution in [0.4, 0.5) is 13.2 Å². The summed E-state index contributed by atoms with van der Waals surface area (Å²) in [6, 6.07) is 4.98. The van der Waals surface area contributed by atoms with Crippen molar-refractivity contribution in [2.75, 3.05) is 13.2 Å². The van der Waals surface area contributed by atoms with E-state index in [4.69, 9.17) is 5.73 Å². The number of benzene rings is 1. The van der Waals surface area contributed by atoms with E-state index < -0.39 is 17.8 Å². The number of aliphatic hydroxyl groups is 1. The minimum Gasteiger partial charge on any atom is -0.396 e. The van der Waals surface area contributed by atoms with E-state index in [2.05, 4.69) is 5.32 Å². The highest BCUT2D eigenvalue weighted by atomic mass is 19.4. The number of halogens is 3. The first-order valence-electron chi connectivity index (χ1n) is 7.20. The van der Waals surface area contributed by atoms with Crippen LogP contribution < -0.4 is 11.1 Å². The van der Waals surface area contributed by atoms with Gasteiger partial charge < -0.3 is 16.2 Å². The SMILES string of the molecule is NCC(NC1CCCC1CO)c1ccccc1C(F)(F)F. The van der Waals surface area contributed by atoms with Crippen LogP contribution in [0.2, 0.25) is 0 Å². The molecule has 3 atom stereocenters. The number of rotatable bonds is 5. The van der Waals surface area contributed by atoms with E-state index in [0.717, 1.165) is 25.3 Å². The van der Waals surface area contributed by atoms with E-state index in [9.17, 15) is 18.3 Å². The molecule has 118 valence electrons. The van der Waals surface area contributed by atoms with Crippen molar-refractivity contribution in [3.63, 3.8) is 0 Å². The molecule has 0 amide bonds. The van der Waals surface area contributed by atoms with Crippen LogP contribution in [0.5, 0.6) is 0 Å². The second-order valence-electron chi connectivity index (χ2n) is 5.52. The Kier molecular flexibility index (Phi) is 5.24. The van der Waals surface area contributed by atoms with Crippen molar-refractivity contribution in [2.24, 2.45) is 11.7 Å². The summed E-state index contributed by atoms with van der Waals surface area (Å²) in [6.45, 7) is 0.137. The van der Waals surface area contributed by atoms with Gasteiger partial charge in [0.2, 0.25) is 0 Å². The summed E-state index contributed by atoms with van der Waals surface area (Å²) in [5.74, 6) is 0.0945. The van der Waals surface area contributed by atoms with E-state index in [-0.39, 0.29) is 30.7 Å². The Hall–Kier alpha value is -1.11. The van der Waals surface area contributed by atoms with E-state index in [1.807, 2.05) is 0 Å². The summed E-state index contributed by atoms with van der Waals surface area (Å²) in [6.07, 6.45) is -1.67. The van der Waals surface area contributed by atoms with Crippen molar-refractivity contribution in [1.82, 2.24) is 5.32 Å². The third-order valence-corrected chi connectivity index (χ3v) is 4.19. The Morgan fingerprint density at radius 1 is 1.29 bits per heavy atom. The van der Waals surface area contributed by atoms with Crippen molar-refractivity contribution >= 4 is 0 Å². The average molecular weight is 302 g/mol. The fourth-order valence-electron chi connectivity index (χ4n) is 3.08. The molecule has 0 saturated heterocycles. The Balaban J connectivity index is 2.22. The predicted molar refractivity (Wildman–Crippen MR) is 74.6 cm³/mol. The first-order valence-corrected chi connectivity index (χ1v) is 7.20. The molecule has 1 aromatic carbocycles. The molecule has 1 aliphatic carbocycles. The van der Waals surface area contributed by atoms with Gasteiger partial charge in [0.15, 0.2) is 0 Å². The van der Waals surface area contributed by atoms with Crippen LogP contribution in [-0.2, 0) is 6.18 Å². The number of aliphatic hydroxyl groups excluding tert-OH is 1. The molecule has 3 unspecified atom stereocenters. The quantitative estimate of drug-likeness (QED) is 0.783. The van der Waals surface area contributed by atoms with Gasteiger partial charge >= 0.3 is 6.18 Å². The fourth-order valence-corrected chi connectivity index (χ4v) is 3.08. The molecule has 1 saturated carbocycles. The molecule has 0 bridgehead atoms. The van der Waals surface area contributed by atoms with Gasteiger partial charge in [-0.2, -0.15) is 13.2 Å². The summed E-state index contributed by atoms with van der Waals surface area (Å²) in [5.41, 5.74) is 5.22. The second kappa shape index (κ2) is 6.77. The zero-order chi connectivity index (χ0) is 15.5. The molecule has 4 N–H and O–H groups in total. The maximum absolute atomic E-state index is 13.1. The van der Waals surface area contributed by atoms with Crippen molar-refractivity contribution in [3.05, 3.63) is 35.4 Å². The normalized spacial score (nSPS) is 24.2. The van der Waals surface area contributed by atoms with E-state index >= 15 is 0 Å². The van der Waals surface area contributed by atoms with Crippen LogP contribution in [0.1, 0.15) is 36.4 Å². The van der Waals surface area contributed by atoms with E-state index in [1.54, 1.807) is 6.07 Å². The molecule has 3 nitrogen and oxygen atoms in total. The molecule has 0 heterocycles. The molecular weight excluding hydrogens is 281 g/mol. The van der Waals surface area contributed by atoms with Gasteiger partial charge in [0.1, 0.15) is 0 Å². The highest BCUT2D eigenvalue weighted by Gasteiger charge is 2.36. The van der Waals surface area contributed by atoms with Gasteiger partial charge in [0.25, 0.3) is 0 Å². The van der Waals surface area contributed by atoms with Crippen LogP contribution in [0.3, 0.4) is 0 Å². The van der Waals surface area contributed by atoms with Gasteiger partial charge in [-0.05, 0) is 30.4 Å². The second-order valence-corrected chi connectivity index (χ2v) is 5.52. The van der Waals surface area contributed by atoms with Crippen LogP contribution in [0.25, 0.3) is 0 Å². The highest BCUT2D eigenvalue weighted by Crippen LogP contribution is 2.35. The molecule has 2 rings (SSSR count). The molecule has 1 fully saturated rings. The Bertz CT molecular complexity index is 464. The summed E-state index contributed by atoms with van der Waals surface area (Å²) < 4.78 is 39.3. The number of hydrogen-bond acceptors (Lipinski definition) is 3. The molecule has 6 heteroatoms. The van der Waals surface area contributed by atoms with Crippen molar-refractivity contribution in [1.29, 1.82) is 0 Å². The lowest BCUT2D eigenvalue weighted by Crippen LogP contribution is -2.40. The van der Waals surface area contributed by atoms with Gasteiger partial charge in [-0.3, -0.25) is 0 Å². The lowest BCUT2D eigenvalue weighted by Gasteiger charge is -2.27. The monoisotopic (exact) mass is 302 g/mol. The van der Waals surface area contributed by atoms with Gasteiger partial charge in [-0.15, -0.1) is 0 Å². The summed E-state index contributed by atoms with van der Waals surface area (Å²) >= 11 is 0. The van der Waals surface area contributed by atoms with Crippen molar-refractivity contribution in [3.8, 4) is 0 Å². The summed E-state index contributed by atoms with van der Waals surface area (Å²) in [4.78, 5) is 0. The van der Waals surface area contributed by atoms with Gasteiger partial charge in [0, 0.05) is 25.2 Å². The van der Waals surface area contributed by atoms with Crippen LogP contribution in [0.15, 0.2) is 24.3 Å². The van der Waals surface area contributed by atoms with Crippen molar-refractivity contribution in [2.45, 2.75) is 37.5 Å². The summed E-state index contributed by atoms with van der Waals surface area (Å²) in [7, 11) is 0. The molecule has 21 heavy (non-hydrogen) atoms. The van der Waals surface area contributed by atoms with Crippen LogP contribution in [0, 0.1) is 5.92 Å². The Morgan fingerprint density at radius 3 is 2.62 bits per heavy atom. The van der Waals surface area contributed by atoms with Crippen molar-refractivity contribution < 1.29 is 18.3 Å². The molecular formula is C15H21F3N2O. The lowest BCUT2D eigenvalue weighted by atomic mass is 9.97. The number of nitrogens with one attached hydrogen (secondary N) is 1. The maximum Gasteiger partial charge on any atom is 0.416 e. The summed E-state index contributed by atoms with van der Waals surface area (Å²) in [5, 5.41) is 12.5. The lowest BCUT2D eigenvalue weighted by molar-refractivity contribution is -0.138. The zero-order valence-electron chi connectivity index (χ0n) is 11.7. The topological polar surface area (TPSA) is 58.3 Å². The minimum absolute atomic E-state index is 0.0184. The average Bonchev–Trinajstić information content (AvgIpc) is 2.91. The maximum atomic E-state index is 13.1. The molecule has 1 aromatic rings. The first kappa shape index (κ1) is 16.3. The molecule has 0 radical (unpaired) electrons. The standard InChI is InChI=1S/C15H21F3N2O/c16-15(17,18)12-6-2-1-5-11(12)14(8-19)20-13-7-3-4-10(13)9-21/h1-2,5-6,10,13-14,20-21H,3-4,7-9,19H2. The predicted octanol–water partition coefficient (Wildman–Crippen LogP) is 2.46. The van der Waals surface area contributed by atoms with E-state index in [0.29, 0.717) is 0 Å². The largest absolute Gasteiger partial charge is 0.416 e. The Morgan fingerprint density at radius 2 is 2.00 bits per heavy atom. The first-order chi connectivity index (χ1) is 9.97. The minimum atomic E-state index is -4.39. The third-order valence-electron chi connectivity index (χ3n) is 4.19. The van der Waals surface area contributed by atoms with Gasteiger partial charge in [-0.1, -0.05) is 24.6 Å². The van der Waals surface area contributed by atoms with E-state index in [1.165, 1.54) is 12.1 Å². The number of alkyl halides is 3. The van der Waals surface area contributed by atoms with Gasteiger partial charge in [0.05, 0.1) is 5.56 Å². The van der Waals surface area contributed by atoms with Crippen LogP contribution >= 0.6 is 0 Å². The highest BCUT2D eigenvalue weighted by molar-refractivity contribution is 5.32. The smallest absolute Gasteiger partial charge is 0.396 e. The molecule has 0 aliphatic heterocycles. The van der Waals surface area contributed by atoms with Gasteiger partial charge in [-0.25, -0.2) is 0 Å². The molecule has 1 aliphatic rings. The molecule has 0 spiro atoms. The fraction of sp³-hybridized carbons (Fsp3) is 0.600.